The van der Waals surface area contributed by atoms with E-state index in [0.29, 0.717) is 0 Å². The molecule has 0 aliphatic heterocycles. The smallest absolute Gasteiger partial charge is 0.309 e. The second-order valence-corrected chi connectivity index (χ2v) is 11.1. The average Bonchev–Trinajstić information content (AvgIpc) is 2.86. The van der Waals surface area contributed by atoms with Gasteiger partial charge in [-0.15, -0.1) is 0 Å². The van der Waals surface area contributed by atoms with E-state index in [1.165, 1.54) is 122 Å². The van der Waals surface area contributed by atoms with Crippen LogP contribution in [0.1, 0.15) is 181 Å². The number of unbranched alkanes of at least 4 members (excludes halogenated alkanes) is 19. The fourth-order valence-electron chi connectivity index (χ4n) is 4.97. The number of hydrogen-bond donors (Lipinski definition) is 1. The lowest BCUT2D eigenvalue weighted by Crippen LogP contribution is -2.24. The zero-order chi connectivity index (χ0) is 25.8. The Hall–Kier alpha value is -0.570. The van der Waals surface area contributed by atoms with Crippen molar-refractivity contribution in [2.24, 2.45) is 5.92 Å². The second-order valence-electron chi connectivity index (χ2n) is 11.1. The molecule has 3 nitrogen and oxygen atoms in total. The van der Waals surface area contributed by atoms with Gasteiger partial charge in [0.15, 0.2) is 0 Å². The van der Waals surface area contributed by atoms with E-state index in [-0.39, 0.29) is 18.5 Å². The molecule has 0 aliphatic rings. The lowest BCUT2D eigenvalue weighted by Gasteiger charge is -2.18. The summed E-state index contributed by atoms with van der Waals surface area (Å²) in [6.45, 7) is 6.92. The minimum atomic E-state index is -0.503. The molecule has 1 N–H and O–H groups in total. The Morgan fingerprint density at radius 1 is 0.514 bits per heavy atom. The van der Waals surface area contributed by atoms with E-state index < -0.39 is 6.10 Å². The molecule has 0 bridgehead atoms. The molecule has 210 valence electrons. The van der Waals surface area contributed by atoms with Gasteiger partial charge in [0, 0.05) is 0 Å². The minimum absolute atomic E-state index is 0.0249. The summed E-state index contributed by atoms with van der Waals surface area (Å²) >= 11 is 0. The Morgan fingerprint density at radius 3 is 1.23 bits per heavy atom. The summed E-state index contributed by atoms with van der Waals surface area (Å²) < 4.78 is 5.59. The monoisotopic (exact) mass is 496 g/mol. The first-order valence-electron chi connectivity index (χ1n) is 16.0. The normalized spacial score (nSPS) is 13.1. The van der Waals surface area contributed by atoms with Crippen molar-refractivity contribution in [3.63, 3.8) is 0 Å². The van der Waals surface area contributed by atoms with Crippen LogP contribution in [0.15, 0.2) is 0 Å². The van der Waals surface area contributed by atoms with E-state index in [2.05, 4.69) is 20.8 Å². The molecule has 2 atom stereocenters. The van der Waals surface area contributed by atoms with Gasteiger partial charge in [0.05, 0.1) is 12.0 Å². The van der Waals surface area contributed by atoms with Crippen molar-refractivity contribution in [2.45, 2.75) is 187 Å². The van der Waals surface area contributed by atoms with Gasteiger partial charge in [-0.3, -0.25) is 4.79 Å². The number of carbonyl (C=O) groups is 1. The highest BCUT2D eigenvalue weighted by Crippen LogP contribution is 2.21. The Labute approximate surface area is 220 Å². The third-order valence-corrected chi connectivity index (χ3v) is 7.45. The standard InChI is InChI=1S/C32H64O3/c1-4-7-10-13-15-16-17-18-19-20-22-25-28-31(33)29-35-32(34)30(26-23-12-9-6-3)27-24-21-14-11-8-5-2/h30-31,33H,4-29H2,1-3H3. The summed E-state index contributed by atoms with van der Waals surface area (Å²) in [6, 6.07) is 0. The molecular formula is C32H64O3. The molecule has 0 aromatic rings. The van der Waals surface area contributed by atoms with Crippen LogP contribution in [0, 0.1) is 5.92 Å². The Morgan fingerprint density at radius 2 is 0.829 bits per heavy atom. The number of hydrogen-bond acceptors (Lipinski definition) is 3. The molecule has 0 saturated heterocycles. The molecule has 0 rings (SSSR count). The fourth-order valence-corrected chi connectivity index (χ4v) is 4.97. The van der Waals surface area contributed by atoms with Crippen LogP contribution in [-0.2, 0) is 9.53 Å². The summed E-state index contributed by atoms with van der Waals surface area (Å²) in [5.41, 5.74) is 0. The third-order valence-electron chi connectivity index (χ3n) is 7.45. The summed E-state index contributed by atoms with van der Waals surface area (Å²) in [4.78, 5) is 12.7. The molecule has 0 fully saturated rings. The van der Waals surface area contributed by atoms with Crippen molar-refractivity contribution < 1.29 is 14.6 Å². The highest BCUT2D eigenvalue weighted by molar-refractivity contribution is 5.72. The molecule has 3 heteroatoms. The molecule has 0 saturated carbocycles. The van der Waals surface area contributed by atoms with E-state index >= 15 is 0 Å². The van der Waals surface area contributed by atoms with E-state index in [0.717, 1.165) is 38.5 Å². The molecule has 0 aromatic heterocycles. The number of aliphatic hydroxyl groups is 1. The first-order chi connectivity index (χ1) is 17.2. The van der Waals surface area contributed by atoms with Crippen LogP contribution >= 0.6 is 0 Å². The maximum Gasteiger partial charge on any atom is 0.309 e. The van der Waals surface area contributed by atoms with Crippen LogP contribution in [0.25, 0.3) is 0 Å². The summed E-state index contributed by atoms with van der Waals surface area (Å²) in [5, 5.41) is 10.3. The van der Waals surface area contributed by atoms with Crippen LogP contribution in [-0.4, -0.2) is 23.8 Å². The Kier molecular flexibility index (Phi) is 27.6. The zero-order valence-corrected chi connectivity index (χ0v) is 24.3. The number of rotatable bonds is 28. The topological polar surface area (TPSA) is 46.5 Å². The number of esters is 1. The largest absolute Gasteiger partial charge is 0.463 e. The Bertz CT molecular complexity index is 423. The van der Waals surface area contributed by atoms with Gasteiger partial charge in [-0.05, 0) is 19.3 Å². The lowest BCUT2D eigenvalue weighted by molar-refractivity contribution is -0.152. The number of ether oxygens (including phenoxy) is 1. The van der Waals surface area contributed by atoms with Crippen molar-refractivity contribution in [3.8, 4) is 0 Å². The number of carbonyl (C=O) groups excluding carboxylic acids is 1. The van der Waals surface area contributed by atoms with Crippen molar-refractivity contribution in [1.82, 2.24) is 0 Å². The van der Waals surface area contributed by atoms with Crippen molar-refractivity contribution in [2.75, 3.05) is 6.61 Å². The molecule has 0 amide bonds. The van der Waals surface area contributed by atoms with Crippen LogP contribution in [0.4, 0.5) is 0 Å². The van der Waals surface area contributed by atoms with Crippen molar-refractivity contribution in [3.05, 3.63) is 0 Å². The predicted molar refractivity (Wildman–Crippen MR) is 153 cm³/mol. The SMILES string of the molecule is CCCCCCCCCCCCCCC(O)COC(=O)C(CCCCCC)CCCCCCCC. The predicted octanol–water partition coefficient (Wildman–Crippen LogP) is 10.3. The maximum absolute atomic E-state index is 12.7. The zero-order valence-electron chi connectivity index (χ0n) is 24.3. The first-order valence-corrected chi connectivity index (χ1v) is 16.0. The molecule has 0 heterocycles. The molecule has 0 radical (unpaired) electrons. The fraction of sp³-hybridized carbons (Fsp3) is 0.969. The van der Waals surface area contributed by atoms with Gasteiger partial charge < -0.3 is 9.84 Å². The van der Waals surface area contributed by atoms with Crippen LogP contribution in [0.3, 0.4) is 0 Å². The van der Waals surface area contributed by atoms with Gasteiger partial charge in [0.1, 0.15) is 6.61 Å². The van der Waals surface area contributed by atoms with E-state index in [1.807, 2.05) is 0 Å². The quantitative estimate of drug-likeness (QED) is 0.0865. The van der Waals surface area contributed by atoms with Crippen LogP contribution in [0.5, 0.6) is 0 Å². The van der Waals surface area contributed by atoms with Crippen molar-refractivity contribution in [1.29, 1.82) is 0 Å². The van der Waals surface area contributed by atoms with Crippen molar-refractivity contribution >= 4 is 5.97 Å². The number of aliphatic hydroxyl groups excluding tert-OH is 1. The van der Waals surface area contributed by atoms with Gasteiger partial charge in [-0.1, -0.05) is 162 Å². The van der Waals surface area contributed by atoms with E-state index in [1.54, 1.807) is 0 Å². The molecule has 2 unspecified atom stereocenters. The van der Waals surface area contributed by atoms with E-state index in [4.69, 9.17) is 4.74 Å². The molecule has 0 aliphatic carbocycles. The lowest BCUT2D eigenvalue weighted by atomic mass is 9.94. The molecule has 0 spiro atoms. The highest BCUT2D eigenvalue weighted by atomic mass is 16.5. The molecule has 0 aromatic carbocycles. The third kappa shape index (κ3) is 24.9. The van der Waals surface area contributed by atoms with E-state index in [9.17, 15) is 9.90 Å². The van der Waals surface area contributed by atoms with Gasteiger partial charge in [-0.25, -0.2) is 0 Å². The molecule has 35 heavy (non-hydrogen) atoms. The Balaban J connectivity index is 3.88. The first kappa shape index (κ1) is 34.4. The summed E-state index contributed by atoms with van der Waals surface area (Å²) in [7, 11) is 0. The molecular weight excluding hydrogens is 432 g/mol. The highest BCUT2D eigenvalue weighted by Gasteiger charge is 2.20. The summed E-state index contributed by atoms with van der Waals surface area (Å²) in [6.07, 6.45) is 30.3. The van der Waals surface area contributed by atoms with Gasteiger partial charge in [0.25, 0.3) is 0 Å². The van der Waals surface area contributed by atoms with Gasteiger partial charge in [0.2, 0.25) is 0 Å². The second kappa shape index (κ2) is 28.0. The van der Waals surface area contributed by atoms with Crippen LogP contribution < -0.4 is 0 Å². The van der Waals surface area contributed by atoms with Gasteiger partial charge >= 0.3 is 5.97 Å². The summed E-state index contributed by atoms with van der Waals surface area (Å²) in [5.74, 6) is -0.0410. The van der Waals surface area contributed by atoms with Gasteiger partial charge in [-0.2, -0.15) is 0 Å². The minimum Gasteiger partial charge on any atom is -0.463 e. The maximum atomic E-state index is 12.7. The van der Waals surface area contributed by atoms with Crippen LogP contribution in [0.2, 0.25) is 0 Å². The average molecular weight is 497 g/mol.